The van der Waals surface area contributed by atoms with Crippen molar-refractivity contribution in [3.05, 3.63) is 65.7 Å². The first-order valence-corrected chi connectivity index (χ1v) is 9.70. The third-order valence-corrected chi connectivity index (χ3v) is 5.44. The lowest BCUT2D eigenvalue weighted by atomic mass is 9.86. The van der Waals surface area contributed by atoms with Crippen molar-refractivity contribution in [2.75, 3.05) is 13.2 Å². The highest BCUT2D eigenvalue weighted by molar-refractivity contribution is 5.82. The van der Waals surface area contributed by atoms with Gasteiger partial charge < -0.3 is 10.1 Å². The SMILES string of the molecule is O=C1NOCC1NCC1CC(c2ccccc2)N1Cc1ccccc1OC(F)(F)F. The van der Waals surface area contributed by atoms with Crippen LogP contribution in [-0.2, 0) is 16.2 Å². The van der Waals surface area contributed by atoms with Crippen LogP contribution < -0.4 is 15.5 Å². The smallest absolute Gasteiger partial charge is 0.405 e. The van der Waals surface area contributed by atoms with Crippen molar-refractivity contribution in [1.82, 2.24) is 15.7 Å². The van der Waals surface area contributed by atoms with E-state index in [1.807, 2.05) is 30.3 Å². The van der Waals surface area contributed by atoms with Gasteiger partial charge in [0.25, 0.3) is 5.91 Å². The van der Waals surface area contributed by atoms with Gasteiger partial charge in [0.15, 0.2) is 0 Å². The topological polar surface area (TPSA) is 62.8 Å². The number of halogens is 3. The minimum atomic E-state index is -4.75. The van der Waals surface area contributed by atoms with E-state index in [9.17, 15) is 18.0 Å². The Morgan fingerprint density at radius 2 is 1.87 bits per heavy atom. The fourth-order valence-corrected chi connectivity index (χ4v) is 3.92. The highest BCUT2D eigenvalue weighted by Gasteiger charge is 2.40. The van der Waals surface area contributed by atoms with Crippen LogP contribution in [0.2, 0.25) is 0 Å². The van der Waals surface area contributed by atoms with Crippen molar-refractivity contribution in [1.29, 1.82) is 0 Å². The molecule has 0 bridgehead atoms. The van der Waals surface area contributed by atoms with Crippen molar-refractivity contribution in [3.8, 4) is 5.75 Å². The Bertz CT molecular complexity index is 879. The number of likely N-dealkylation sites (tertiary alicyclic amines) is 1. The van der Waals surface area contributed by atoms with Crippen LogP contribution in [0, 0.1) is 0 Å². The fraction of sp³-hybridized carbons (Fsp3) is 0.381. The van der Waals surface area contributed by atoms with Crippen LogP contribution >= 0.6 is 0 Å². The van der Waals surface area contributed by atoms with Crippen LogP contribution in [0.3, 0.4) is 0 Å². The Morgan fingerprint density at radius 1 is 1.13 bits per heavy atom. The number of hydrogen-bond acceptors (Lipinski definition) is 5. The Labute approximate surface area is 171 Å². The first-order chi connectivity index (χ1) is 14.4. The maximum absolute atomic E-state index is 12.8. The molecule has 160 valence electrons. The lowest BCUT2D eigenvalue weighted by Crippen LogP contribution is -2.56. The van der Waals surface area contributed by atoms with E-state index in [0.717, 1.165) is 12.0 Å². The number of nitrogens with one attached hydrogen (secondary N) is 2. The van der Waals surface area contributed by atoms with E-state index < -0.39 is 12.4 Å². The number of benzene rings is 2. The minimum absolute atomic E-state index is 0.0579. The molecule has 3 atom stereocenters. The molecule has 1 amide bonds. The Kier molecular flexibility index (Phi) is 5.94. The molecule has 2 aliphatic heterocycles. The number of carbonyl (C=O) groups excluding carboxylic acids is 1. The maximum Gasteiger partial charge on any atom is 0.573 e. The number of hydrogen-bond donors (Lipinski definition) is 2. The van der Waals surface area contributed by atoms with Gasteiger partial charge in [-0.05, 0) is 18.1 Å². The first-order valence-electron chi connectivity index (χ1n) is 9.70. The summed E-state index contributed by atoms with van der Waals surface area (Å²) in [4.78, 5) is 18.8. The second-order valence-electron chi connectivity index (χ2n) is 7.38. The average Bonchev–Trinajstić information content (AvgIpc) is 3.11. The van der Waals surface area contributed by atoms with Crippen molar-refractivity contribution >= 4 is 5.91 Å². The summed E-state index contributed by atoms with van der Waals surface area (Å²) in [6, 6.07) is 15.7. The second-order valence-corrected chi connectivity index (χ2v) is 7.38. The number of rotatable bonds is 7. The van der Waals surface area contributed by atoms with Gasteiger partial charge in [-0.15, -0.1) is 13.2 Å². The van der Waals surface area contributed by atoms with Gasteiger partial charge in [-0.2, -0.15) is 0 Å². The molecule has 0 aromatic heterocycles. The molecule has 2 fully saturated rings. The zero-order chi connectivity index (χ0) is 21.1. The van der Waals surface area contributed by atoms with Crippen molar-refractivity contribution in [2.24, 2.45) is 0 Å². The van der Waals surface area contributed by atoms with E-state index in [-0.39, 0.29) is 30.3 Å². The largest absolute Gasteiger partial charge is 0.573 e. The third-order valence-electron chi connectivity index (χ3n) is 5.44. The summed E-state index contributed by atoms with van der Waals surface area (Å²) in [6.45, 7) is 1.06. The number of ether oxygens (including phenoxy) is 1. The highest BCUT2D eigenvalue weighted by Crippen LogP contribution is 2.41. The van der Waals surface area contributed by atoms with E-state index in [4.69, 9.17) is 4.84 Å². The van der Waals surface area contributed by atoms with Gasteiger partial charge in [0.05, 0.1) is 6.61 Å². The van der Waals surface area contributed by atoms with E-state index in [1.165, 1.54) is 12.1 Å². The van der Waals surface area contributed by atoms with E-state index in [2.05, 4.69) is 20.4 Å². The summed E-state index contributed by atoms with van der Waals surface area (Å²) in [7, 11) is 0. The second kappa shape index (κ2) is 8.63. The summed E-state index contributed by atoms with van der Waals surface area (Å²) >= 11 is 0. The number of carbonyl (C=O) groups is 1. The van der Waals surface area contributed by atoms with Gasteiger partial charge in [0.1, 0.15) is 11.8 Å². The van der Waals surface area contributed by atoms with Crippen LogP contribution in [0.15, 0.2) is 54.6 Å². The monoisotopic (exact) mass is 421 g/mol. The summed E-state index contributed by atoms with van der Waals surface area (Å²) in [5.41, 5.74) is 3.87. The quantitative estimate of drug-likeness (QED) is 0.720. The molecule has 0 saturated carbocycles. The van der Waals surface area contributed by atoms with Crippen molar-refractivity contribution < 1.29 is 27.5 Å². The summed E-state index contributed by atoms with van der Waals surface area (Å²) in [5, 5.41) is 3.18. The minimum Gasteiger partial charge on any atom is -0.405 e. The van der Waals surface area contributed by atoms with Crippen LogP contribution in [-0.4, -0.2) is 42.4 Å². The molecular formula is C21H22F3N3O3. The number of alkyl halides is 3. The van der Waals surface area contributed by atoms with Crippen LogP contribution in [0.1, 0.15) is 23.6 Å². The Hall–Kier alpha value is -2.62. The maximum atomic E-state index is 12.8. The molecule has 2 N–H and O–H groups in total. The van der Waals surface area contributed by atoms with Crippen LogP contribution in [0.25, 0.3) is 0 Å². The van der Waals surface area contributed by atoms with Gasteiger partial charge in [-0.1, -0.05) is 48.5 Å². The fourth-order valence-electron chi connectivity index (χ4n) is 3.92. The molecule has 2 heterocycles. The molecule has 2 aliphatic rings. The summed E-state index contributed by atoms with van der Waals surface area (Å²) in [6.07, 6.45) is -3.92. The normalized spacial score (nSPS) is 24.4. The zero-order valence-corrected chi connectivity index (χ0v) is 16.1. The third kappa shape index (κ3) is 4.75. The van der Waals surface area contributed by atoms with Crippen molar-refractivity contribution in [3.63, 3.8) is 0 Å². The predicted molar refractivity (Wildman–Crippen MR) is 102 cm³/mol. The van der Waals surface area contributed by atoms with Gasteiger partial charge in [-0.3, -0.25) is 14.5 Å². The standard InChI is InChI=1S/C21H22F3N3O3/c22-21(23,24)30-19-9-5-4-8-15(19)12-27-16(11-25-17-13-29-26-20(17)28)10-18(27)14-6-2-1-3-7-14/h1-9,16-18,25H,10-13H2,(H,26,28). The molecule has 0 spiro atoms. The number of para-hydroxylation sites is 1. The van der Waals surface area contributed by atoms with Crippen LogP contribution in [0.5, 0.6) is 5.75 Å². The molecule has 4 rings (SSSR count). The molecule has 2 aromatic rings. The predicted octanol–water partition coefficient (Wildman–Crippen LogP) is 2.92. The molecule has 9 heteroatoms. The molecule has 30 heavy (non-hydrogen) atoms. The van der Waals surface area contributed by atoms with Crippen LogP contribution in [0.4, 0.5) is 13.2 Å². The number of hydroxylamine groups is 1. The number of nitrogens with zero attached hydrogens (tertiary/aromatic N) is 1. The van der Waals surface area contributed by atoms with Gasteiger partial charge in [0, 0.05) is 30.7 Å². The van der Waals surface area contributed by atoms with Gasteiger partial charge in [-0.25, -0.2) is 5.48 Å². The summed E-state index contributed by atoms with van der Waals surface area (Å²) in [5.74, 6) is -0.414. The molecule has 2 saturated heterocycles. The average molecular weight is 421 g/mol. The molecular weight excluding hydrogens is 399 g/mol. The highest BCUT2D eigenvalue weighted by atomic mass is 19.4. The Morgan fingerprint density at radius 3 is 2.57 bits per heavy atom. The van der Waals surface area contributed by atoms with Gasteiger partial charge >= 0.3 is 6.36 Å². The zero-order valence-electron chi connectivity index (χ0n) is 16.1. The molecule has 0 radical (unpaired) electrons. The van der Waals surface area contributed by atoms with E-state index in [0.29, 0.717) is 18.7 Å². The lowest BCUT2D eigenvalue weighted by molar-refractivity contribution is -0.275. The Balaban J connectivity index is 1.50. The first kappa shape index (κ1) is 20.6. The lowest BCUT2D eigenvalue weighted by Gasteiger charge is -2.49. The molecule has 3 unspecified atom stereocenters. The van der Waals surface area contributed by atoms with Gasteiger partial charge in [0.2, 0.25) is 0 Å². The number of amides is 1. The van der Waals surface area contributed by atoms with E-state index in [1.54, 1.807) is 12.1 Å². The van der Waals surface area contributed by atoms with Crippen molar-refractivity contribution in [2.45, 2.75) is 37.5 Å². The summed E-state index contributed by atoms with van der Waals surface area (Å²) < 4.78 is 42.6. The van der Waals surface area contributed by atoms with E-state index >= 15 is 0 Å². The molecule has 0 aliphatic carbocycles. The molecule has 6 nitrogen and oxygen atoms in total. The molecule has 2 aromatic carbocycles.